The molecule has 0 aromatic carbocycles. The zero-order valence-electron chi connectivity index (χ0n) is 5.22. The first-order valence-corrected chi connectivity index (χ1v) is 2.76. The third-order valence-electron chi connectivity index (χ3n) is 0.937. The molecule has 0 amide bonds. The van der Waals surface area contributed by atoms with E-state index in [4.69, 9.17) is 10.8 Å². The second-order valence-corrected chi connectivity index (χ2v) is 2.08. The average Bonchev–Trinajstić information content (AvgIpc) is 1.63. The van der Waals surface area contributed by atoms with Crippen molar-refractivity contribution in [1.82, 2.24) is 0 Å². The van der Waals surface area contributed by atoms with Gasteiger partial charge in [0, 0.05) is 0 Å². The number of rotatable bonds is 3. The highest BCUT2D eigenvalue weighted by atomic mass is 19.3. The van der Waals surface area contributed by atoms with E-state index < -0.39 is 18.6 Å². The van der Waals surface area contributed by atoms with Crippen molar-refractivity contribution in [3.05, 3.63) is 0 Å². The van der Waals surface area contributed by atoms with Crippen molar-refractivity contribution in [2.45, 2.75) is 31.9 Å². The predicted molar refractivity (Wildman–Crippen MR) is 30.3 cm³/mol. The molecule has 0 fully saturated rings. The fraction of sp³-hybridized carbons (Fsp3) is 1.00. The molecule has 2 unspecified atom stereocenters. The highest BCUT2D eigenvalue weighted by molar-refractivity contribution is 4.65. The van der Waals surface area contributed by atoms with Gasteiger partial charge in [0.1, 0.15) is 0 Å². The molecule has 0 heterocycles. The second-order valence-electron chi connectivity index (χ2n) is 2.08. The highest BCUT2D eigenvalue weighted by Crippen LogP contribution is 2.04. The van der Waals surface area contributed by atoms with Gasteiger partial charge in [-0.2, -0.15) is 0 Å². The Bertz CT molecular complexity index is 77.4. The number of hydrogen-bond acceptors (Lipinski definition) is 2. The van der Waals surface area contributed by atoms with Crippen molar-refractivity contribution >= 4 is 0 Å². The van der Waals surface area contributed by atoms with Gasteiger partial charge in [-0.25, -0.2) is 8.78 Å². The van der Waals surface area contributed by atoms with E-state index in [0.29, 0.717) is 0 Å². The molecule has 0 aliphatic heterocycles. The molecule has 0 aromatic heterocycles. The number of nitrogens with two attached hydrogens (primary N) is 1. The Morgan fingerprint density at radius 2 is 2.00 bits per heavy atom. The van der Waals surface area contributed by atoms with Gasteiger partial charge in [-0.05, 0) is 13.3 Å². The van der Waals surface area contributed by atoms with Gasteiger partial charge in [0.05, 0.1) is 12.1 Å². The summed E-state index contributed by atoms with van der Waals surface area (Å²) in [5.41, 5.74) is 4.91. The monoisotopic (exact) mass is 139 g/mol. The molecular weight excluding hydrogens is 128 g/mol. The molecule has 0 rings (SSSR count). The summed E-state index contributed by atoms with van der Waals surface area (Å²) in [6.07, 6.45) is -3.31. The molecule has 0 aromatic rings. The van der Waals surface area contributed by atoms with Gasteiger partial charge in [-0.3, -0.25) is 0 Å². The van der Waals surface area contributed by atoms with Crippen molar-refractivity contribution in [3.63, 3.8) is 0 Å². The molecule has 9 heavy (non-hydrogen) atoms. The van der Waals surface area contributed by atoms with Crippen LogP contribution in [0.4, 0.5) is 8.78 Å². The SMILES string of the molecule is CC(O)CC(N)C(F)F. The van der Waals surface area contributed by atoms with Gasteiger partial charge in [0.2, 0.25) is 0 Å². The first-order valence-electron chi connectivity index (χ1n) is 2.76. The summed E-state index contributed by atoms with van der Waals surface area (Å²) in [7, 11) is 0. The maximum atomic E-state index is 11.6. The second kappa shape index (κ2) is 3.74. The molecule has 4 heteroatoms. The van der Waals surface area contributed by atoms with E-state index in [1.54, 1.807) is 0 Å². The van der Waals surface area contributed by atoms with Crippen molar-refractivity contribution in [1.29, 1.82) is 0 Å². The smallest absolute Gasteiger partial charge is 0.253 e. The van der Waals surface area contributed by atoms with E-state index in [2.05, 4.69) is 0 Å². The van der Waals surface area contributed by atoms with Gasteiger partial charge < -0.3 is 10.8 Å². The molecule has 0 saturated carbocycles. The highest BCUT2D eigenvalue weighted by Gasteiger charge is 2.16. The van der Waals surface area contributed by atoms with Crippen LogP contribution in [0.5, 0.6) is 0 Å². The fourth-order valence-electron chi connectivity index (χ4n) is 0.497. The van der Waals surface area contributed by atoms with Crippen LogP contribution in [0.25, 0.3) is 0 Å². The molecule has 0 spiro atoms. The largest absolute Gasteiger partial charge is 0.393 e. The van der Waals surface area contributed by atoms with E-state index in [0.717, 1.165) is 0 Å². The Kier molecular flexibility index (Phi) is 3.65. The van der Waals surface area contributed by atoms with E-state index in [1.165, 1.54) is 6.92 Å². The lowest BCUT2D eigenvalue weighted by Gasteiger charge is -2.10. The molecule has 3 N–H and O–H groups in total. The third kappa shape index (κ3) is 4.29. The number of hydrogen-bond donors (Lipinski definition) is 2. The number of aliphatic hydroxyl groups excluding tert-OH is 1. The summed E-state index contributed by atoms with van der Waals surface area (Å²) in [5, 5.41) is 8.56. The van der Waals surface area contributed by atoms with E-state index in [1.807, 2.05) is 0 Å². The molecule has 0 saturated heterocycles. The summed E-state index contributed by atoms with van der Waals surface area (Å²) in [6, 6.07) is -1.19. The lowest BCUT2D eigenvalue weighted by atomic mass is 10.1. The first kappa shape index (κ1) is 8.78. The normalized spacial score (nSPS) is 18.0. The van der Waals surface area contributed by atoms with Crippen LogP contribution in [0.3, 0.4) is 0 Å². The van der Waals surface area contributed by atoms with Crippen molar-refractivity contribution in [3.8, 4) is 0 Å². The van der Waals surface area contributed by atoms with Crippen LogP contribution in [-0.2, 0) is 0 Å². The Hall–Kier alpha value is -0.220. The maximum Gasteiger partial charge on any atom is 0.253 e. The van der Waals surface area contributed by atoms with Crippen molar-refractivity contribution in [2.75, 3.05) is 0 Å². The Morgan fingerprint density at radius 3 is 2.11 bits per heavy atom. The molecule has 0 aliphatic rings. The number of halogens is 2. The predicted octanol–water partition coefficient (Wildman–Crippen LogP) is 0.350. The standard InChI is InChI=1S/C5H11F2NO/c1-3(9)2-4(8)5(6)7/h3-5,9H,2,8H2,1H3. The fourth-order valence-corrected chi connectivity index (χ4v) is 0.497. The molecule has 56 valence electrons. The van der Waals surface area contributed by atoms with E-state index in [-0.39, 0.29) is 6.42 Å². The molecule has 0 bridgehead atoms. The Labute approximate surface area is 52.7 Å². The van der Waals surface area contributed by atoms with Crippen LogP contribution in [0.2, 0.25) is 0 Å². The van der Waals surface area contributed by atoms with Crippen LogP contribution in [0, 0.1) is 0 Å². The Morgan fingerprint density at radius 1 is 1.56 bits per heavy atom. The van der Waals surface area contributed by atoms with Crippen molar-refractivity contribution in [2.24, 2.45) is 5.73 Å². The maximum absolute atomic E-state index is 11.6. The van der Waals surface area contributed by atoms with Gasteiger partial charge in [0.15, 0.2) is 0 Å². The summed E-state index contributed by atoms with van der Waals surface area (Å²) in [6.45, 7) is 1.43. The minimum absolute atomic E-state index is 0.0440. The quantitative estimate of drug-likeness (QED) is 0.592. The molecule has 2 atom stereocenters. The molecular formula is C5H11F2NO. The zero-order chi connectivity index (χ0) is 7.44. The molecule has 2 nitrogen and oxygen atoms in total. The zero-order valence-corrected chi connectivity index (χ0v) is 5.22. The molecule has 0 radical (unpaired) electrons. The lowest BCUT2D eigenvalue weighted by molar-refractivity contribution is 0.0816. The first-order chi connectivity index (χ1) is 4.04. The third-order valence-corrected chi connectivity index (χ3v) is 0.937. The Balaban J connectivity index is 3.38. The van der Waals surface area contributed by atoms with Gasteiger partial charge in [-0.1, -0.05) is 0 Å². The van der Waals surface area contributed by atoms with E-state index in [9.17, 15) is 8.78 Å². The van der Waals surface area contributed by atoms with E-state index >= 15 is 0 Å². The van der Waals surface area contributed by atoms with Gasteiger partial charge in [0.25, 0.3) is 6.43 Å². The van der Waals surface area contributed by atoms with Crippen LogP contribution in [0.15, 0.2) is 0 Å². The summed E-state index contributed by atoms with van der Waals surface area (Å²) < 4.78 is 23.1. The topological polar surface area (TPSA) is 46.2 Å². The molecule has 0 aliphatic carbocycles. The number of alkyl halides is 2. The van der Waals surface area contributed by atoms with Crippen LogP contribution < -0.4 is 5.73 Å². The van der Waals surface area contributed by atoms with Gasteiger partial charge >= 0.3 is 0 Å². The summed E-state index contributed by atoms with van der Waals surface area (Å²) >= 11 is 0. The summed E-state index contributed by atoms with van der Waals surface area (Å²) in [5.74, 6) is 0. The van der Waals surface area contributed by atoms with Crippen LogP contribution >= 0.6 is 0 Å². The summed E-state index contributed by atoms with van der Waals surface area (Å²) in [4.78, 5) is 0. The van der Waals surface area contributed by atoms with Gasteiger partial charge in [-0.15, -0.1) is 0 Å². The number of aliphatic hydroxyl groups is 1. The minimum atomic E-state index is -2.53. The lowest BCUT2D eigenvalue weighted by Crippen LogP contribution is -2.31. The van der Waals surface area contributed by atoms with Crippen LogP contribution in [0.1, 0.15) is 13.3 Å². The van der Waals surface area contributed by atoms with Crippen molar-refractivity contribution < 1.29 is 13.9 Å². The minimum Gasteiger partial charge on any atom is -0.393 e. The van der Waals surface area contributed by atoms with Crippen LogP contribution in [-0.4, -0.2) is 23.7 Å². The average molecular weight is 139 g/mol.